The predicted molar refractivity (Wildman–Crippen MR) is 55.0 cm³/mol. The molecule has 2 aliphatic carbocycles. The highest BCUT2D eigenvalue weighted by Gasteiger charge is 2.47. The molecule has 2 heteroatoms. The molecule has 80 valence electrons. The fourth-order valence-electron chi connectivity index (χ4n) is 3.06. The van der Waals surface area contributed by atoms with Crippen molar-refractivity contribution in [2.24, 2.45) is 17.3 Å². The maximum absolute atomic E-state index is 10.6. The van der Waals surface area contributed by atoms with Crippen molar-refractivity contribution in [3.05, 3.63) is 0 Å². The Kier molecular flexibility index (Phi) is 2.54. The molecule has 2 fully saturated rings. The Morgan fingerprint density at radius 2 is 2.14 bits per heavy atom. The standard InChI is InChI=1S/C12H20O2/c1-9(11(13)14)3-4-10-7-12(8-10)5-2-6-12/h9-10H,2-8H2,1H3,(H,13,14). The predicted octanol–water partition coefficient (Wildman–Crippen LogP) is 3.07. The van der Waals surface area contributed by atoms with Crippen LogP contribution in [0.4, 0.5) is 0 Å². The largest absolute Gasteiger partial charge is 0.481 e. The molecule has 2 saturated carbocycles. The second-order valence-corrected chi connectivity index (χ2v) is 5.44. The van der Waals surface area contributed by atoms with E-state index in [1.165, 1.54) is 32.1 Å². The van der Waals surface area contributed by atoms with Crippen LogP contribution in [0.3, 0.4) is 0 Å². The molecule has 1 unspecified atom stereocenters. The summed E-state index contributed by atoms with van der Waals surface area (Å²) in [6, 6.07) is 0. The number of rotatable bonds is 4. The van der Waals surface area contributed by atoms with E-state index in [-0.39, 0.29) is 5.92 Å². The number of carboxylic acid groups (broad SMARTS) is 1. The van der Waals surface area contributed by atoms with Gasteiger partial charge in [-0.2, -0.15) is 0 Å². The molecule has 0 aromatic heterocycles. The van der Waals surface area contributed by atoms with Crippen molar-refractivity contribution in [1.29, 1.82) is 0 Å². The third-order valence-electron chi connectivity index (χ3n) is 4.29. The van der Waals surface area contributed by atoms with Gasteiger partial charge < -0.3 is 5.11 Å². The lowest BCUT2D eigenvalue weighted by atomic mass is 9.51. The second kappa shape index (κ2) is 3.56. The third kappa shape index (κ3) is 1.79. The third-order valence-corrected chi connectivity index (χ3v) is 4.29. The van der Waals surface area contributed by atoms with Gasteiger partial charge in [0.15, 0.2) is 0 Å². The van der Waals surface area contributed by atoms with Gasteiger partial charge in [-0.3, -0.25) is 4.79 Å². The van der Waals surface area contributed by atoms with Gasteiger partial charge in [0.1, 0.15) is 0 Å². The molecule has 2 rings (SSSR count). The maximum Gasteiger partial charge on any atom is 0.306 e. The lowest BCUT2D eigenvalue weighted by molar-refractivity contribution is -0.141. The molecule has 0 bridgehead atoms. The summed E-state index contributed by atoms with van der Waals surface area (Å²) in [5.41, 5.74) is 0.747. The van der Waals surface area contributed by atoms with E-state index in [2.05, 4.69) is 0 Å². The average molecular weight is 196 g/mol. The first kappa shape index (κ1) is 10.0. The molecule has 0 amide bonds. The molecular formula is C12H20O2. The van der Waals surface area contributed by atoms with Crippen LogP contribution in [0.1, 0.15) is 51.9 Å². The van der Waals surface area contributed by atoms with Crippen LogP contribution in [0.15, 0.2) is 0 Å². The van der Waals surface area contributed by atoms with Gasteiger partial charge in [0.25, 0.3) is 0 Å². The Bertz CT molecular complexity index is 222. The van der Waals surface area contributed by atoms with E-state index in [4.69, 9.17) is 5.11 Å². The van der Waals surface area contributed by atoms with Crippen LogP contribution in [0.5, 0.6) is 0 Å². The van der Waals surface area contributed by atoms with Gasteiger partial charge in [0, 0.05) is 0 Å². The highest BCUT2D eigenvalue weighted by Crippen LogP contribution is 2.59. The van der Waals surface area contributed by atoms with Crippen molar-refractivity contribution in [1.82, 2.24) is 0 Å². The average Bonchev–Trinajstić information content (AvgIpc) is 1.97. The van der Waals surface area contributed by atoms with Crippen LogP contribution in [0.2, 0.25) is 0 Å². The van der Waals surface area contributed by atoms with E-state index < -0.39 is 5.97 Å². The minimum atomic E-state index is -0.636. The molecule has 0 radical (unpaired) electrons. The first-order valence-corrected chi connectivity index (χ1v) is 5.84. The zero-order valence-electron chi connectivity index (χ0n) is 8.96. The number of carboxylic acids is 1. The normalized spacial score (nSPS) is 26.6. The van der Waals surface area contributed by atoms with Crippen molar-refractivity contribution in [2.75, 3.05) is 0 Å². The van der Waals surface area contributed by atoms with Crippen LogP contribution in [-0.4, -0.2) is 11.1 Å². The summed E-state index contributed by atoms with van der Waals surface area (Å²) in [7, 11) is 0. The number of carbonyl (C=O) groups is 1. The highest BCUT2D eigenvalue weighted by atomic mass is 16.4. The zero-order valence-corrected chi connectivity index (χ0v) is 8.96. The maximum atomic E-state index is 10.6. The SMILES string of the molecule is CC(CCC1CC2(CCC2)C1)C(=O)O. The minimum absolute atomic E-state index is 0.145. The summed E-state index contributed by atoms with van der Waals surface area (Å²) < 4.78 is 0. The molecule has 0 aromatic rings. The van der Waals surface area contributed by atoms with Gasteiger partial charge in [-0.25, -0.2) is 0 Å². The van der Waals surface area contributed by atoms with Crippen LogP contribution in [-0.2, 0) is 4.79 Å². The molecule has 1 spiro atoms. The first-order chi connectivity index (χ1) is 6.61. The molecule has 2 nitrogen and oxygen atoms in total. The molecule has 0 heterocycles. The van der Waals surface area contributed by atoms with Crippen molar-refractivity contribution < 1.29 is 9.90 Å². The van der Waals surface area contributed by atoms with E-state index in [9.17, 15) is 4.79 Å². The van der Waals surface area contributed by atoms with Crippen molar-refractivity contribution in [3.8, 4) is 0 Å². The van der Waals surface area contributed by atoms with Crippen LogP contribution in [0.25, 0.3) is 0 Å². The van der Waals surface area contributed by atoms with Gasteiger partial charge in [0.05, 0.1) is 5.92 Å². The fourth-order valence-corrected chi connectivity index (χ4v) is 3.06. The lowest BCUT2D eigenvalue weighted by Gasteiger charge is -2.54. The Morgan fingerprint density at radius 1 is 1.50 bits per heavy atom. The lowest BCUT2D eigenvalue weighted by Crippen LogP contribution is -2.42. The summed E-state index contributed by atoms with van der Waals surface area (Å²) >= 11 is 0. The molecule has 0 aromatic carbocycles. The molecule has 1 N–H and O–H groups in total. The summed E-state index contributed by atoms with van der Waals surface area (Å²) in [6.45, 7) is 1.82. The topological polar surface area (TPSA) is 37.3 Å². The van der Waals surface area contributed by atoms with Gasteiger partial charge in [0.2, 0.25) is 0 Å². The fraction of sp³-hybridized carbons (Fsp3) is 0.917. The number of hydrogen-bond acceptors (Lipinski definition) is 1. The smallest absolute Gasteiger partial charge is 0.306 e. The highest BCUT2D eigenvalue weighted by molar-refractivity contribution is 5.69. The molecule has 0 aliphatic heterocycles. The summed E-state index contributed by atoms with van der Waals surface area (Å²) in [5.74, 6) is 0.0627. The zero-order chi connectivity index (χ0) is 10.2. The quantitative estimate of drug-likeness (QED) is 0.750. The van der Waals surface area contributed by atoms with E-state index in [1.807, 2.05) is 6.92 Å². The minimum Gasteiger partial charge on any atom is -0.481 e. The van der Waals surface area contributed by atoms with Gasteiger partial charge in [-0.05, 0) is 49.9 Å². The second-order valence-electron chi connectivity index (χ2n) is 5.44. The van der Waals surface area contributed by atoms with E-state index >= 15 is 0 Å². The molecular weight excluding hydrogens is 176 g/mol. The van der Waals surface area contributed by atoms with Crippen molar-refractivity contribution in [3.63, 3.8) is 0 Å². The van der Waals surface area contributed by atoms with Crippen molar-refractivity contribution >= 4 is 5.97 Å². The monoisotopic (exact) mass is 196 g/mol. The van der Waals surface area contributed by atoms with Gasteiger partial charge in [-0.1, -0.05) is 13.3 Å². The molecule has 2 aliphatic rings. The Balaban J connectivity index is 1.62. The number of aliphatic carboxylic acids is 1. The van der Waals surface area contributed by atoms with Crippen LogP contribution in [0, 0.1) is 17.3 Å². The molecule has 1 atom stereocenters. The summed E-state index contributed by atoms with van der Waals surface area (Å²) in [6.07, 6.45) is 9.10. The Morgan fingerprint density at radius 3 is 2.57 bits per heavy atom. The number of hydrogen-bond donors (Lipinski definition) is 1. The summed E-state index contributed by atoms with van der Waals surface area (Å²) in [4.78, 5) is 10.6. The van der Waals surface area contributed by atoms with Crippen LogP contribution >= 0.6 is 0 Å². The van der Waals surface area contributed by atoms with Gasteiger partial charge in [-0.15, -0.1) is 0 Å². The van der Waals surface area contributed by atoms with Gasteiger partial charge >= 0.3 is 5.97 Å². The molecule has 14 heavy (non-hydrogen) atoms. The van der Waals surface area contributed by atoms with E-state index in [0.717, 1.165) is 24.2 Å². The van der Waals surface area contributed by atoms with E-state index in [0.29, 0.717) is 0 Å². The molecule has 0 saturated heterocycles. The summed E-state index contributed by atoms with van der Waals surface area (Å²) in [5, 5.41) is 8.75. The van der Waals surface area contributed by atoms with Crippen molar-refractivity contribution in [2.45, 2.75) is 51.9 Å². The first-order valence-electron chi connectivity index (χ1n) is 5.84. The van der Waals surface area contributed by atoms with Crippen LogP contribution < -0.4 is 0 Å². The van der Waals surface area contributed by atoms with E-state index in [1.54, 1.807) is 0 Å². The Hall–Kier alpha value is -0.530. The Labute approximate surface area is 85.7 Å².